The first-order chi connectivity index (χ1) is 13.8. The van der Waals surface area contributed by atoms with E-state index in [-0.39, 0.29) is 24.0 Å². The van der Waals surface area contributed by atoms with Crippen LogP contribution in [-0.4, -0.2) is 100 Å². The zero-order valence-corrected chi connectivity index (χ0v) is 20.0. The summed E-state index contributed by atoms with van der Waals surface area (Å²) in [6, 6.07) is 1.85. The van der Waals surface area contributed by atoms with Crippen LogP contribution >= 0.6 is 24.0 Å². The van der Waals surface area contributed by atoms with Crippen LogP contribution in [0, 0.1) is 0 Å². The molecule has 0 spiro atoms. The summed E-state index contributed by atoms with van der Waals surface area (Å²) in [6.07, 6.45) is 4.50. The summed E-state index contributed by atoms with van der Waals surface area (Å²) in [7, 11) is 1.68. The summed E-state index contributed by atoms with van der Waals surface area (Å²) >= 11 is 0. The second kappa shape index (κ2) is 16.5. The minimum atomic E-state index is 0. The maximum Gasteiger partial charge on any atom is 0.225 e. The number of halogens is 1. The number of aliphatic imine (C=N–C) groups is 1. The fourth-order valence-electron chi connectivity index (χ4n) is 2.90. The van der Waals surface area contributed by atoms with Crippen LogP contribution in [0.1, 0.15) is 13.3 Å². The van der Waals surface area contributed by atoms with E-state index in [2.05, 4.69) is 42.3 Å². The lowest BCUT2D eigenvalue weighted by atomic mass is 10.3. The van der Waals surface area contributed by atoms with E-state index in [1.807, 2.05) is 6.07 Å². The van der Waals surface area contributed by atoms with Gasteiger partial charge < -0.3 is 25.0 Å². The van der Waals surface area contributed by atoms with Gasteiger partial charge in [-0.1, -0.05) is 0 Å². The third-order valence-electron chi connectivity index (χ3n) is 4.42. The van der Waals surface area contributed by atoms with Crippen LogP contribution in [0.4, 0.5) is 5.95 Å². The summed E-state index contributed by atoms with van der Waals surface area (Å²) in [4.78, 5) is 18.0. The third kappa shape index (κ3) is 10.9. The summed E-state index contributed by atoms with van der Waals surface area (Å²) in [5, 5.41) is 6.72. The molecule has 1 saturated heterocycles. The Morgan fingerprint density at radius 3 is 2.55 bits per heavy atom. The highest BCUT2D eigenvalue weighted by Crippen LogP contribution is 2.08. The molecule has 9 nitrogen and oxygen atoms in total. The minimum Gasteiger partial charge on any atom is -0.382 e. The minimum absolute atomic E-state index is 0. The molecule has 0 saturated carbocycles. The van der Waals surface area contributed by atoms with Gasteiger partial charge in [0.1, 0.15) is 0 Å². The Morgan fingerprint density at radius 2 is 1.86 bits per heavy atom. The molecule has 2 rings (SSSR count). The molecular formula is C19H36IN7O2. The van der Waals surface area contributed by atoms with Crippen molar-refractivity contribution < 1.29 is 9.47 Å². The van der Waals surface area contributed by atoms with Gasteiger partial charge in [0.05, 0.1) is 13.2 Å². The molecule has 0 atom stereocenters. The average molecular weight is 521 g/mol. The number of piperazine rings is 1. The third-order valence-corrected chi connectivity index (χ3v) is 4.42. The number of hydrogen-bond acceptors (Lipinski definition) is 7. The largest absolute Gasteiger partial charge is 0.382 e. The van der Waals surface area contributed by atoms with Crippen LogP contribution in [0.5, 0.6) is 0 Å². The molecule has 0 amide bonds. The summed E-state index contributed by atoms with van der Waals surface area (Å²) in [6.45, 7) is 11.5. The lowest BCUT2D eigenvalue weighted by Gasteiger charge is -2.34. The first kappa shape index (κ1) is 25.8. The molecule has 2 N–H and O–H groups in total. The van der Waals surface area contributed by atoms with E-state index in [1.165, 1.54) is 0 Å². The highest BCUT2D eigenvalue weighted by atomic mass is 127. The lowest BCUT2D eigenvalue weighted by molar-refractivity contribution is 0.0702. The number of guanidine groups is 1. The van der Waals surface area contributed by atoms with Crippen molar-refractivity contribution >= 4 is 35.9 Å². The van der Waals surface area contributed by atoms with Crippen molar-refractivity contribution in [2.24, 2.45) is 4.99 Å². The van der Waals surface area contributed by atoms with Crippen molar-refractivity contribution in [2.75, 3.05) is 84.2 Å². The predicted octanol–water partition coefficient (Wildman–Crippen LogP) is 0.825. The molecule has 10 heteroatoms. The van der Waals surface area contributed by atoms with E-state index in [0.29, 0.717) is 19.8 Å². The number of hydrogen-bond donors (Lipinski definition) is 2. The second-order valence-electron chi connectivity index (χ2n) is 6.52. The van der Waals surface area contributed by atoms with Gasteiger partial charge >= 0.3 is 0 Å². The number of aromatic nitrogens is 2. The van der Waals surface area contributed by atoms with Crippen LogP contribution < -0.4 is 15.5 Å². The first-order valence-electron chi connectivity index (χ1n) is 10.2. The van der Waals surface area contributed by atoms with Gasteiger partial charge in [0.15, 0.2) is 5.96 Å². The molecule has 1 aliphatic heterocycles. The Hall–Kier alpha value is -1.24. The Kier molecular flexibility index (Phi) is 14.7. The van der Waals surface area contributed by atoms with Crippen molar-refractivity contribution in [3.05, 3.63) is 18.5 Å². The van der Waals surface area contributed by atoms with Gasteiger partial charge in [-0.2, -0.15) is 0 Å². The quantitative estimate of drug-likeness (QED) is 0.181. The van der Waals surface area contributed by atoms with E-state index in [1.54, 1.807) is 19.5 Å². The summed E-state index contributed by atoms with van der Waals surface area (Å²) in [5.74, 6) is 1.70. The van der Waals surface area contributed by atoms with Crippen LogP contribution in [-0.2, 0) is 9.47 Å². The lowest BCUT2D eigenvalue weighted by Crippen LogP contribution is -2.49. The van der Waals surface area contributed by atoms with Gasteiger partial charge in [0, 0.05) is 78.5 Å². The number of nitrogens with zero attached hydrogens (tertiary/aromatic N) is 5. The molecule has 1 aliphatic rings. The molecule has 0 unspecified atom stereocenters. The van der Waals surface area contributed by atoms with E-state index < -0.39 is 0 Å². The Balaban J connectivity index is 0.00000420. The molecule has 166 valence electrons. The molecule has 2 heterocycles. The van der Waals surface area contributed by atoms with Gasteiger partial charge in [-0.15, -0.1) is 24.0 Å². The zero-order valence-electron chi connectivity index (χ0n) is 17.7. The van der Waals surface area contributed by atoms with Crippen LogP contribution in [0.15, 0.2) is 23.5 Å². The van der Waals surface area contributed by atoms with Crippen molar-refractivity contribution in [2.45, 2.75) is 13.3 Å². The monoisotopic (exact) mass is 521 g/mol. The topological polar surface area (TPSA) is 87.1 Å². The van der Waals surface area contributed by atoms with Gasteiger partial charge in [0.25, 0.3) is 0 Å². The molecule has 1 aromatic heterocycles. The Labute approximate surface area is 191 Å². The van der Waals surface area contributed by atoms with E-state index in [4.69, 9.17) is 9.47 Å². The van der Waals surface area contributed by atoms with Gasteiger partial charge in [-0.05, 0) is 19.4 Å². The van der Waals surface area contributed by atoms with Crippen molar-refractivity contribution in [1.82, 2.24) is 25.5 Å². The standard InChI is InChI=1S/C19H35N7O2.HI/c1-3-20-18(21-8-5-15-28-17-16-27-2)22-9-10-25-11-13-26(14-12-25)19-23-6-4-7-24-19;/h4,6-7H,3,5,8-17H2,1-2H3,(H2,20,21,22);1H. The molecule has 1 aromatic rings. The molecule has 0 bridgehead atoms. The Morgan fingerprint density at radius 1 is 1.10 bits per heavy atom. The molecule has 0 radical (unpaired) electrons. The van der Waals surface area contributed by atoms with E-state index in [9.17, 15) is 0 Å². The van der Waals surface area contributed by atoms with Gasteiger partial charge in [-0.3, -0.25) is 9.89 Å². The highest BCUT2D eigenvalue weighted by molar-refractivity contribution is 14.0. The van der Waals surface area contributed by atoms with Gasteiger partial charge in [0.2, 0.25) is 5.95 Å². The predicted molar refractivity (Wildman–Crippen MR) is 127 cm³/mol. The Bertz CT molecular complexity index is 543. The molecule has 0 aromatic carbocycles. The number of rotatable bonds is 12. The van der Waals surface area contributed by atoms with Crippen molar-refractivity contribution in [1.29, 1.82) is 0 Å². The SMILES string of the molecule is CCNC(=NCCCOCCOC)NCCN1CCN(c2ncccn2)CC1.I. The van der Waals surface area contributed by atoms with Gasteiger partial charge in [-0.25, -0.2) is 9.97 Å². The summed E-state index contributed by atoms with van der Waals surface area (Å²) in [5.41, 5.74) is 0. The fraction of sp³-hybridized carbons (Fsp3) is 0.737. The van der Waals surface area contributed by atoms with Crippen LogP contribution in [0.25, 0.3) is 0 Å². The van der Waals surface area contributed by atoms with Crippen LogP contribution in [0.2, 0.25) is 0 Å². The first-order valence-corrected chi connectivity index (χ1v) is 10.2. The molecular weight excluding hydrogens is 485 g/mol. The number of ether oxygens (including phenoxy) is 2. The number of methoxy groups -OCH3 is 1. The zero-order chi connectivity index (χ0) is 19.9. The van der Waals surface area contributed by atoms with E-state index >= 15 is 0 Å². The molecule has 0 aliphatic carbocycles. The van der Waals surface area contributed by atoms with Crippen molar-refractivity contribution in [3.8, 4) is 0 Å². The summed E-state index contributed by atoms with van der Waals surface area (Å²) < 4.78 is 10.4. The second-order valence-corrected chi connectivity index (χ2v) is 6.52. The molecule has 29 heavy (non-hydrogen) atoms. The maximum absolute atomic E-state index is 5.46. The average Bonchev–Trinajstić information content (AvgIpc) is 2.74. The number of anilines is 1. The van der Waals surface area contributed by atoms with Crippen LogP contribution in [0.3, 0.4) is 0 Å². The highest BCUT2D eigenvalue weighted by Gasteiger charge is 2.18. The van der Waals surface area contributed by atoms with E-state index in [0.717, 1.165) is 70.7 Å². The maximum atomic E-state index is 5.46. The normalized spacial score (nSPS) is 15.1. The van der Waals surface area contributed by atoms with Crippen molar-refractivity contribution in [3.63, 3.8) is 0 Å². The molecule has 1 fully saturated rings. The number of nitrogens with one attached hydrogen (secondary N) is 2. The smallest absolute Gasteiger partial charge is 0.225 e. The fourth-order valence-corrected chi connectivity index (χ4v) is 2.90.